The molecule has 0 atom stereocenters. The Morgan fingerprint density at radius 3 is 1.12 bits per heavy atom. The van der Waals surface area contributed by atoms with Gasteiger partial charge in [-0.15, -0.1) is 0 Å². The molecule has 0 radical (unpaired) electrons. The molecule has 0 bridgehead atoms. The number of rotatable bonds is 5. The molecule has 88 valence electrons. The molecule has 0 aliphatic rings. The molecular weight excluding hydrogens is 256 g/mol. The molecule has 0 aromatic rings. The van der Waals surface area contributed by atoms with E-state index in [1.165, 1.54) is 0 Å². The normalized spacial score (nSPS) is 9.94. The fourth-order valence-corrected chi connectivity index (χ4v) is 1.38. The molecule has 0 aliphatic carbocycles. The van der Waals surface area contributed by atoms with Gasteiger partial charge in [-0.05, 0) is 20.8 Å². The SMILES string of the molecule is CC(=O)C(C(C)=O)(C(C)=O)C(=O)C(=O)O.[Cr]. The zero-order valence-corrected chi connectivity index (χ0v) is 10.2. The van der Waals surface area contributed by atoms with E-state index in [0.29, 0.717) is 0 Å². The molecule has 7 heteroatoms. The number of Topliss-reactive ketones (excluding diaryl/α,β-unsaturated/α-hetero) is 4. The molecule has 0 aromatic heterocycles. The van der Waals surface area contributed by atoms with Gasteiger partial charge in [-0.1, -0.05) is 0 Å². The third kappa shape index (κ3) is 2.43. The van der Waals surface area contributed by atoms with E-state index in [4.69, 9.17) is 5.11 Å². The summed E-state index contributed by atoms with van der Waals surface area (Å²) in [5, 5.41) is 8.46. The smallest absolute Gasteiger partial charge is 0.374 e. The van der Waals surface area contributed by atoms with Crippen LogP contribution in [0.4, 0.5) is 0 Å². The van der Waals surface area contributed by atoms with Crippen LogP contribution >= 0.6 is 0 Å². The summed E-state index contributed by atoms with van der Waals surface area (Å²) in [6.45, 7) is 2.51. The van der Waals surface area contributed by atoms with Gasteiger partial charge in [0.15, 0.2) is 17.3 Å². The number of ketones is 4. The number of carboxylic acid groups (broad SMARTS) is 1. The minimum atomic E-state index is -2.67. The Bertz CT molecular complexity index is 334. The molecule has 0 saturated carbocycles. The van der Waals surface area contributed by atoms with Crippen LogP contribution < -0.4 is 0 Å². The summed E-state index contributed by atoms with van der Waals surface area (Å²) in [7, 11) is 0. The van der Waals surface area contributed by atoms with E-state index in [1.807, 2.05) is 0 Å². The number of carbonyl (C=O) groups is 5. The molecular formula is C9H10CrO6. The Kier molecular flexibility index (Phi) is 6.07. The van der Waals surface area contributed by atoms with Crippen LogP contribution in [0, 0.1) is 5.41 Å². The largest absolute Gasteiger partial charge is 0.475 e. The summed E-state index contributed by atoms with van der Waals surface area (Å²) in [5.41, 5.74) is -2.67. The van der Waals surface area contributed by atoms with Gasteiger partial charge < -0.3 is 5.11 Å². The van der Waals surface area contributed by atoms with Crippen molar-refractivity contribution >= 4 is 29.1 Å². The minimum absolute atomic E-state index is 0. The van der Waals surface area contributed by atoms with Gasteiger partial charge in [-0.25, -0.2) is 4.79 Å². The van der Waals surface area contributed by atoms with Gasteiger partial charge in [0.05, 0.1) is 0 Å². The molecule has 6 nitrogen and oxygen atoms in total. The molecule has 16 heavy (non-hydrogen) atoms. The van der Waals surface area contributed by atoms with Crippen molar-refractivity contribution in [3.63, 3.8) is 0 Å². The standard InChI is InChI=1S/C9H10O6.Cr/c1-4(10)9(5(2)11,6(3)12)7(13)8(14)15;/h1-3H3,(H,14,15);. The van der Waals surface area contributed by atoms with E-state index in [9.17, 15) is 24.0 Å². The van der Waals surface area contributed by atoms with Crippen LogP contribution in [0.3, 0.4) is 0 Å². The van der Waals surface area contributed by atoms with Crippen molar-refractivity contribution in [3.8, 4) is 0 Å². The number of carbonyl (C=O) groups excluding carboxylic acids is 4. The van der Waals surface area contributed by atoms with Gasteiger partial charge in [-0.2, -0.15) is 0 Å². The van der Waals surface area contributed by atoms with Gasteiger partial charge in [0.2, 0.25) is 5.41 Å². The topological polar surface area (TPSA) is 106 Å². The Balaban J connectivity index is 0. The minimum Gasteiger partial charge on any atom is -0.475 e. The molecule has 0 saturated heterocycles. The van der Waals surface area contributed by atoms with Crippen LogP contribution in [-0.2, 0) is 41.3 Å². The van der Waals surface area contributed by atoms with Crippen LogP contribution in [0.5, 0.6) is 0 Å². The summed E-state index contributed by atoms with van der Waals surface area (Å²) in [5.74, 6) is -6.90. The first kappa shape index (κ1) is 17.1. The summed E-state index contributed by atoms with van der Waals surface area (Å²) in [6.07, 6.45) is 0. The zero-order chi connectivity index (χ0) is 12.4. The first-order valence-corrected chi connectivity index (χ1v) is 3.99. The third-order valence-electron chi connectivity index (χ3n) is 2.12. The molecule has 0 rings (SSSR count). The number of hydrogen-bond acceptors (Lipinski definition) is 5. The summed E-state index contributed by atoms with van der Waals surface area (Å²) >= 11 is 0. The Hall–Kier alpha value is -1.32. The maximum Gasteiger partial charge on any atom is 0.374 e. The molecule has 0 aliphatic heterocycles. The van der Waals surface area contributed by atoms with E-state index < -0.39 is 34.5 Å². The first-order chi connectivity index (χ1) is 6.68. The Morgan fingerprint density at radius 2 is 1.06 bits per heavy atom. The van der Waals surface area contributed by atoms with E-state index in [1.54, 1.807) is 0 Å². The van der Waals surface area contributed by atoms with E-state index in [0.717, 1.165) is 20.8 Å². The Morgan fingerprint density at radius 1 is 0.812 bits per heavy atom. The van der Waals surface area contributed by atoms with E-state index in [2.05, 4.69) is 0 Å². The molecule has 0 fully saturated rings. The quantitative estimate of drug-likeness (QED) is 0.525. The van der Waals surface area contributed by atoms with Crippen molar-refractivity contribution in [2.24, 2.45) is 5.41 Å². The van der Waals surface area contributed by atoms with Crippen molar-refractivity contribution in [3.05, 3.63) is 0 Å². The Labute approximate surface area is 102 Å². The predicted octanol–water partition coefficient (Wildman–Crippen LogP) is -0.609. The summed E-state index contributed by atoms with van der Waals surface area (Å²) in [4.78, 5) is 55.2. The van der Waals surface area contributed by atoms with E-state index in [-0.39, 0.29) is 17.4 Å². The van der Waals surface area contributed by atoms with Crippen molar-refractivity contribution in [2.45, 2.75) is 20.8 Å². The maximum atomic E-state index is 11.2. The van der Waals surface area contributed by atoms with Crippen molar-refractivity contribution < 1.29 is 46.4 Å². The summed E-state index contributed by atoms with van der Waals surface area (Å²) < 4.78 is 0. The first-order valence-electron chi connectivity index (χ1n) is 3.99. The second kappa shape index (κ2) is 5.68. The fraction of sp³-hybridized carbons (Fsp3) is 0.444. The van der Waals surface area contributed by atoms with Crippen LogP contribution in [0.2, 0.25) is 0 Å². The van der Waals surface area contributed by atoms with Gasteiger partial charge >= 0.3 is 5.97 Å². The number of carboxylic acids is 1. The van der Waals surface area contributed by atoms with Crippen molar-refractivity contribution in [2.75, 3.05) is 0 Å². The van der Waals surface area contributed by atoms with Crippen LogP contribution in [0.1, 0.15) is 20.8 Å². The van der Waals surface area contributed by atoms with Crippen LogP contribution in [-0.4, -0.2) is 34.2 Å². The predicted molar refractivity (Wildman–Crippen MR) is 47.1 cm³/mol. The van der Waals surface area contributed by atoms with Crippen molar-refractivity contribution in [1.82, 2.24) is 0 Å². The second-order valence-corrected chi connectivity index (χ2v) is 3.05. The molecule has 0 unspecified atom stereocenters. The van der Waals surface area contributed by atoms with Gasteiger partial charge in [-0.3, -0.25) is 19.2 Å². The average Bonchev–Trinajstić information content (AvgIpc) is 2.02. The number of hydrogen-bond donors (Lipinski definition) is 1. The molecule has 0 spiro atoms. The molecule has 0 amide bonds. The second-order valence-electron chi connectivity index (χ2n) is 3.05. The molecule has 0 heterocycles. The fourth-order valence-electron chi connectivity index (χ4n) is 1.38. The average molecular weight is 266 g/mol. The molecule has 0 aromatic carbocycles. The third-order valence-corrected chi connectivity index (χ3v) is 2.12. The van der Waals surface area contributed by atoms with Crippen LogP contribution in [0.25, 0.3) is 0 Å². The maximum absolute atomic E-state index is 11.2. The zero-order valence-electron chi connectivity index (χ0n) is 8.90. The van der Waals surface area contributed by atoms with Gasteiger partial charge in [0.1, 0.15) is 0 Å². The summed E-state index contributed by atoms with van der Waals surface area (Å²) in [6, 6.07) is 0. The molecule has 1 N–H and O–H groups in total. The van der Waals surface area contributed by atoms with Gasteiger partial charge in [0, 0.05) is 17.4 Å². The number of aliphatic carboxylic acids is 1. The van der Waals surface area contributed by atoms with Crippen molar-refractivity contribution in [1.29, 1.82) is 0 Å². The van der Waals surface area contributed by atoms with Gasteiger partial charge in [0.25, 0.3) is 5.78 Å². The van der Waals surface area contributed by atoms with Crippen LogP contribution in [0.15, 0.2) is 0 Å². The monoisotopic (exact) mass is 266 g/mol. The van der Waals surface area contributed by atoms with E-state index >= 15 is 0 Å².